The first-order chi connectivity index (χ1) is 14.9. The zero-order valence-corrected chi connectivity index (χ0v) is 20.0. The van der Waals surface area contributed by atoms with Gasteiger partial charge in [0.05, 0.1) is 0 Å². The van der Waals surface area contributed by atoms with Crippen molar-refractivity contribution in [1.29, 1.82) is 0 Å². The lowest BCUT2D eigenvalue weighted by atomic mass is 9.86. The third-order valence-electron chi connectivity index (χ3n) is 5.15. The smallest absolute Gasteiger partial charge is 0.323 e. The second kappa shape index (κ2) is 9.03. The average Bonchev–Trinajstić information content (AvgIpc) is 2.69. The van der Waals surface area contributed by atoms with Crippen molar-refractivity contribution in [2.75, 3.05) is 10.6 Å². The molecule has 1 heterocycles. The van der Waals surface area contributed by atoms with Crippen LogP contribution in [0.3, 0.4) is 0 Å². The first-order valence-corrected chi connectivity index (χ1v) is 10.9. The van der Waals surface area contributed by atoms with Gasteiger partial charge in [0.1, 0.15) is 11.4 Å². The van der Waals surface area contributed by atoms with E-state index in [2.05, 4.69) is 57.2 Å². The Bertz CT molecular complexity index is 1090. The lowest BCUT2D eigenvalue weighted by Gasteiger charge is -2.23. The van der Waals surface area contributed by atoms with E-state index >= 15 is 0 Å². The van der Waals surface area contributed by atoms with Gasteiger partial charge in [0.15, 0.2) is 0 Å². The van der Waals surface area contributed by atoms with Gasteiger partial charge < -0.3 is 15.4 Å². The van der Waals surface area contributed by atoms with Crippen LogP contribution in [-0.4, -0.2) is 11.0 Å². The predicted octanol–water partition coefficient (Wildman–Crippen LogP) is 7.42. The number of carbonyl (C=O) groups excluding carboxylic acids is 1. The van der Waals surface area contributed by atoms with Gasteiger partial charge in [-0.05, 0) is 53.1 Å². The standard InChI is InChI=1S/C27H33N3O2/c1-18-16-22(30-25(31)29-20-14-12-19(13-15-20)26(2,3)4)24(28-17-18)32-23-11-9-8-10-21(23)27(5,6)7/h8-17H,1-7H3,(H2,29,30,31). The number of urea groups is 1. The summed E-state index contributed by atoms with van der Waals surface area (Å²) in [6.07, 6.45) is 1.73. The summed E-state index contributed by atoms with van der Waals surface area (Å²) in [6, 6.07) is 17.3. The van der Waals surface area contributed by atoms with Crippen LogP contribution in [0.1, 0.15) is 58.2 Å². The summed E-state index contributed by atoms with van der Waals surface area (Å²) >= 11 is 0. The van der Waals surface area contributed by atoms with Gasteiger partial charge >= 0.3 is 6.03 Å². The fraction of sp³-hybridized carbons (Fsp3) is 0.333. The molecular weight excluding hydrogens is 398 g/mol. The van der Waals surface area contributed by atoms with Crippen molar-refractivity contribution >= 4 is 17.4 Å². The Labute approximate surface area is 191 Å². The molecule has 5 nitrogen and oxygen atoms in total. The predicted molar refractivity (Wildman–Crippen MR) is 132 cm³/mol. The molecule has 2 amide bonds. The van der Waals surface area contributed by atoms with Crippen LogP contribution < -0.4 is 15.4 Å². The van der Waals surface area contributed by atoms with Gasteiger partial charge in [0, 0.05) is 17.4 Å². The molecule has 3 aromatic rings. The van der Waals surface area contributed by atoms with Crippen LogP contribution in [-0.2, 0) is 10.8 Å². The van der Waals surface area contributed by atoms with E-state index < -0.39 is 0 Å². The Balaban J connectivity index is 1.80. The number of nitrogens with zero attached hydrogens (tertiary/aromatic N) is 1. The fourth-order valence-electron chi connectivity index (χ4n) is 3.35. The highest BCUT2D eigenvalue weighted by atomic mass is 16.5. The molecule has 5 heteroatoms. The third kappa shape index (κ3) is 5.88. The van der Waals surface area contributed by atoms with Crippen molar-refractivity contribution in [2.24, 2.45) is 0 Å². The number of aromatic nitrogens is 1. The number of pyridine rings is 1. The van der Waals surface area contributed by atoms with Gasteiger partial charge in [-0.15, -0.1) is 0 Å². The fourth-order valence-corrected chi connectivity index (χ4v) is 3.35. The highest BCUT2D eigenvalue weighted by Crippen LogP contribution is 2.36. The largest absolute Gasteiger partial charge is 0.437 e. The van der Waals surface area contributed by atoms with Crippen LogP contribution in [0.4, 0.5) is 16.2 Å². The minimum atomic E-state index is -0.352. The van der Waals surface area contributed by atoms with Gasteiger partial charge in [-0.2, -0.15) is 0 Å². The lowest BCUT2D eigenvalue weighted by Crippen LogP contribution is -2.20. The van der Waals surface area contributed by atoms with E-state index in [1.54, 1.807) is 6.20 Å². The molecule has 0 aliphatic rings. The second-order valence-electron chi connectivity index (χ2n) is 10.1. The summed E-state index contributed by atoms with van der Waals surface area (Å²) in [5.74, 6) is 1.07. The summed E-state index contributed by atoms with van der Waals surface area (Å²) in [6.45, 7) is 14.8. The van der Waals surface area contributed by atoms with Crippen molar-refractivity contribution in [1.82, 2.24) is 4.98 Å². The highest BCUT2D eigenvalue weighted by molar-refractivity contribution is 6.00. The van der Waals surface area contributed by atoms with Gasteiger partial charge in [0.25, 0.3) is 0 Å². The molecule has 0 radical (unpaired) electrons. The molecule has 2 N–H and O–H groups in total. The molecule has 0 bridgehead atoms. The number of ether oxygens (including phenoxy) is 1. The number of para-hydroxylation sites is 1. The number of rotatable bonds is 4. The van der Waals surface area contributed by atoms with Crippen molar-refractivity contribution in [2.45, 2.75) is 59.3 Å². The number of hydrogen-bond donors (Lipinski definition) is 2. The molecule has 0 aliphatic heterocycles. The number of aryl methyl sites for hydroxylation is 1. The van der Waals surface area contributed by atoms with E-state index in [0.717, 1.165) is 22.6 Å². The van der Waals surface area contributed by atoms with E-state index in [9.17, 15) is 4.79 Å². The Morgan fingerprint density at radius 3 is 2.16 bits per heavy atom. The van der Waals surface area contributed by atoms with E-state index in [1.807, 2.05) is 61.5 Å². The first-order valence-electron chi connectivity index (χ1n) is 10.9. The molecule has 0 saturated heterocycles. The van der Waals surface area contributed by atoms with Gasteiger partial charge in [0.2, 0.25) is 5.88 Å². The number of nitrogens with one attached hydrogen (secondary N) is 2. The number of hydrogen-bond acceptors (Lipinski definition) is 3. The molecule has 0 atom stereocenters. The van der Waals surface area contributed by atoms with Crippen molar-refractivity contribution in [3.63, 3.8) is 0 Å². The summed E-state index contributed by atoms with van der Waals surface area (Å²) in [4.78, 5) is 17.1. The monoisotopic (exact) mass is 431 g/mol. The molecule has 1 aromatic heterocycles. The number of benzene rings is 2. The number of anilines is 2. The molecule has 0 aliphatic carbocycles. The highest BCUT2D eigenvalue weighted by Gasteiger charge is 2.20. The second-order valence-corrected chi connectivity index (χ2v) is 10.1. The Hall–Kier alpha value is -3.34. The van der Waals surface area contributed by atoms with Crippen LogP contribution in [0.5, 0.6) is 11.6 Å². The maximum absolute atomic E-state index is 12.7. The van der Waals surface area contributed by atoms with E-state index in [4.69, 9.17) is 4.74 Å². The van der Waals surface area contributed by atoms with E-state index in [-0.39, 0.29) is 16.9 Å². The molecule has 0 fully saturated rings. The third-order valence-corrected chi connectivity index (χ3v) is 5.15. The molecule has 168 valence electrons. The molecular formula is C27H33N3O2. The Morgan fingerprint density at radius 2 is 1.53 bits per heavy atom. The van der Waals surface area contributed by atoms with Crippen LogP contribution >= 0.6 is 0 Å². The zero-order chi connectivity index (χ0) is 23.5. The topological polar surface area (TPSA) is 63.2 Å². The Kier molecular flexibility index (Phi) is 6.58. The minimum absolute atomic E-state index is 0.0591. The summed E-state index contributed by atoms with van der Waals surface area (Å²) < 4.78 is 6.17. The maximum atomic E-state index is 12.7. The zero-order valence-electron chi connectivity index (χ0n) is 20.0. The van der Waals surface area contributed by atoms with Crippen molar-refractivity contribution in [3.8, 4) is 11.6 Å². The van der Waals surface area contributed by atoms with Crippen LogP contribution in [0.15, 0.2) is 60.8 Å². The summed E-state index contributed by atoms with van der Waals surface area (Å²) in [7, 11) is 0. The Morgan fingerprint density at radius 1 is 0.875 bits per heavy atom. The number of carbonyl (C=O) groups is 1. The summed E-state index contributed by atoms with van der Waals surface area (Å²) in [5.41, 5.74) is 4.39. The maximum Gasteiger partial charge on any atom is 0.323 e. The first kappa shape index (κ1) is 23.3. The quantitative estimate of drug-likeness (QED) is 0.452. The van der Waals surface area contributed by atoms with E-state index in [1.165, 1.54) is 5.56 Å². The molecule has 0 saturated carbocycles. The molecule has 2 aromatic carbocycles. The molecule has 32 heavy (non-hydrogen) atoms. The normalized spacial score (nSPS) is 11.7. The average molecular weight is 432 g/mol. The minimum Gasteiger partial charge on any atom is -0.437 e. The van der Waals surface area contributed by atoms with Gasteiger partial charge in [-0.3, -0.25) is 0 Å². The van der Waals surface area contributed by atoms with Crippen LogP contribution in [0, 0.1) is 6.92 Å². The molecule has 0 spiro atoms. The molecule has 3 rings (SSSR count). The van der Waals surface area contributed by atoms with Gasteiger partial charge in [-0.25, -0.2) is 9.78 Å². The van der Waals surface area contributed by atoms with E-state index in [0.29, 0.717) is 11.6 Å². The lowest BCUT2D eigenvalue weighted by molar-refractivity contribution is 0.262. The van der Waals surface area contributed by atoms with Crippen LogP contribution in [0.25, 0.3) is 0 Å². The van der Waals surface area contributed by atoms with Gasteiger partial charge in [-0.1, -0.05) is 71.9 Å². The number of amides is 2. The van der Waals surface area contributed by atoms with Crippen molar-refractivity contribution in [3.05, 3.63) is 77.5 Å². The SMILES string of the molecule is Cc1cnc(Oc2ccccc2C(C)(C)C)c(NC(=O)Nc2ccc(C(C)(C)C)cc2)c1. The van der Waals surface area contributed by atoms with Crippen molar-refractivity contribution < 1.29 is 9.53 Å². The summed E-state index contributed by atoms with van der Waals surface area (Å²) in [5, 5.41) is 5.77. The molecule has 0 unspecified atom stereocenters. The van der Waals surface area contributed by atoms with Crippen LogP contribution in [0.2, 0.25) is 0 Å².